The molecule has 0 N–H and O–H groups in total. The third-order valence-corrected chi connectivity index (χ3v) is 6.26. The van der Waals surface area contributed by atoms with Crippen molar-refractivity contribution in [1.82, 2.24) is 10.2 Å². The van der Waals surface area contributed by atoms with Crippen LogP contribution in [0.15, 0.2) is 24.3 Å². The number of esters is 1. The summed E-state index contributed by atoms with van der Waals surface area (Å²) < 4.78 is 10.8. The smallest absolute Gasteiger partial charge is 0.340 e. The standard InChI is InChI=1S/C23H32N2O3S/c1-2-3-4-5-6-7-8-9-12-21-24-25-22(29-21)18-13-15-19(16-14-18)28-23(26)20-11-10-17-27-20/h13-16,20H,2-12,17H2,1H3. The fourth-order valence-corrected chi connectivity index (χ4v) is 4.38. The number of unbranched alkanes of at least 4 members (excludes halogenated alkanes) is 7. The number of hydrogen-bond acceptors (Lipinski definition) is 6. The molecule has 29 heavy (non-hydrogen) atoms. The van der Waals surface area contributed by atoms with E-state index >= 15 is 0 Å². The molecule has 0 aliphatic carbocycles. The summed E-state index contributed by atoms with van der Waals surface area (Å²) in [4.78, 5) is 12.0. The molecule has 3 rings (SSSR count). The second kappa shape index (κ2) is 12.0. The van der Waals surface area contributed by atoms with Crippen LogP contribution in [0.2, 0.25) is 0 Å². The summed E-state index contributed by atoms with van der Waals surface area (Å²) in [7, 11) is 0. The first kappa shape index (κ1) is 21.9. The number of aryl methyl sites for hydroxylation is 1. The Morgan fingerprint density at radius 2 is 1.79 bits per heavy atom. The molecule has 0 spiro atoms. The first-order chi connectivity index (χ1) is 14.3. The van der Waals surface area contributed by atoms with Crippen LogP contribution in [0.1, 0.15) is 76.1 Å². The summed E-state index contributed by atoms with van der Waals surface area (Å²) >= 11 is 1.65. The van der Waals surface area contributed by atoms with Crippen molar-refractivity contribution in [3.8, 4) is 16.3 Å². The van der Waals surface area contributed by atoms with Gasteiger partial charge in [0.25, 0.3) is 0 Å². The van der Waals surface area contributed by atoms with E-state index in [1.165, 1.54) is 51.4 Å². The maximum atomic E-state index is 12.0. The van der Waals surface area contributed by atoms with E-state index in [1.807, 2.05) is 24.3 Å². The lowest BCUT2D eigenvalue weighted by molar-refractivity contribution is -0.144. The van der Waals surface area contributed by atoms with E-state index in [1.54, 1.807) is 11.3 Å². The molecule has 1 unspecified atom stereocenters. The Kier molecular flexibility index (Phi) is 9.09. The lowest BCUT2D eigenvalue weighted by atomic mass is 10.1. The molecule has 0 amide bonds. The van der Waals surface area contributed by atoms with E-state index in [0.29, 0.717) is 12.4 Å². The van der Waals surface area contributed by atoms with Gasteiger partial charge in [-0.25, -0.2) is 4.79 Å². The quantitative estimate of drug-likeness (QED) is 0.242. The number of hydrogen-bond donors (Lipinski definition) is 0. The van der Waals surface area contributed by atoms with Crippen molar-refractivity contribution < 1.29 is 14.3 Å². The normalized spacial score (nSPS) is 16.2. The van der Waals surface area contributed by atoms with Gasteiger partial charge < -0.3 is 9.47 Å². The van der Waals surface area contributed by atoms with Crippen LogP contribution in [0.3, 0.4) is 0 Å². The molecular formula is C23H32N2O3S. The van der Waals surface area contributed by atoms with Crippen LogP contribution in [-0.4, -0.2) is 28.9 Å². The van der Waals surface area contributed by atoms with Gasteiger partial charge in [-0.05, 0) is 43.5 Å². The molecule has 2 aromatic rings. The van der Waals surface area contributed by atoms with Crippen LogP contribution in [-0.2, 0) is 16.0 Å². The van der Waals surface area contributed by atoms with Gasteiger partial charge in [-0.1, -0.05) is 63.2 Å². The van der Waals surface area contributed by atoms with E-state index in [9.17, 15) is 4.79 Å². The number of benzene rings is 1. The highest BCUT2D eigenvalue weighted by Crippen LogP contribution is 2.27. The predicted octanol–water partition coefficient (Wildman–Crippen LogP) is 5.97. The SMILES string of the molecule is CCCCCCCCCCc1nnc(-c2ccc(OC(=O)C3CCCO3)cc2)s1. The average molecular weight is 417 g/mol. The maximum absolute atomic E-state index is 12.0. The Balaban J connectivity index is 1.39. The highest BCUT2D eigenvalue weighted by atomic mass is 32.1. The van der Waals surface area contributed by atoms with Gasteiger partial charge in [0.2, 0.25) is 0 Å². The molecular weight excluding hydrogens is 384 g/mol. The number of carbonyl (C=O) groups is 1. The molecule has 0 bridgehead atoms. The average Bonchev–Trinajstić information content (AvgIpc) is 3.43. The summed E-state index contributed by atoms with van der Waals surface area (Å²) in [6.07, 6.45) is 12.8. The summed E-state index contributed by atoms with van der Waals surface area (Å²) in [6.45, 7) is 2.89. The minimum absolute atomic E-state index is 0.307. The zero-order valence-corrected chi connectivity index (χ0v) is 18.2. The van der Waals surface area contributed by atoms with E-state index in [2.05, 4.69) is 17.1 Å². The maximum Gasteiger partial charge on any atom is 0.340 e. The molecule has 0 saturated carbocycles. The predicted molar refractivity (Wildman–Crippen MR) is 116 cm³/mol. The summed E-state index contributed by atoms with van der Waals surface area (Å²) in [5, 5.41) is 10.7. The van der Waals surface area contributed by atoms with Crippen LogP contribution in [0.4, 0.5) is 0 Å². The molecule has 158 valence electrons. The van der Waals surface area contributed by atoms with Gasteiger partial charge in [0, 0.05) is 18.6 Å². The fraction of sp³-hybridized carbons (Fsp3) is 0.609. The highest BCUT2D eigenvalue weighted by Gasteiger charge is 2.25. The first-order valence-corrected chi connectivity index (χ1v) is 11.8. The second-order valence-electron chi connectivity index (χ2n) is 7.67. The zero-order valence-electron chi connectivity index (χ0n) is 17.4. The largest absolute Gasteiger partial charge is 0.425 e. The van der Waals surface area contributed by atoms with Crippen LogP contribution < -0.4 is 4.74 Å². The van der Waals surface area contributed by atoms with Crippen molar-refractivity contribution in [3.63, 3.8) is 0 Å². The van der Waals surface area contributed by atoms with Crippen molar-refractivity contribution >= 4 is 17.3 Å². The summed E-state index contributed by atoms with van der Waals surface area (Å²) in [5.74, 6) is 0.233. The Labute approximate surface area is 177 Å². The van der Waals surface area contributed by atoms with E-state index in [0.717, 1.165) is 34.8 Å². The lowest BCUT2D eigenvalue weighted by Crippen LogP contribution is -2.24. The van der Waals surface area contributed by atoms with Crippen molar-refractivity contribution in [3.05, 3.63) is 29.3 Å². The molecule has 1 aliphatic heterocycles. The third-order valence-electron chi connectivity index (χ3n) is 5.22. The second-order valence-corrected chi connectivity index (χ2v) is 8.74. The Bertz CT molecular complexity index is 739. The van der Waals surface area contributed by atoms with Gasteiger partial charge in [0.05, 0.1) is 0 Å². The lowest BCUT2D eigenvalue weighted by Gasteiger charge is -2.09. The number of ether oxygens (including phenoxy) is 2. The molecule has 1 aliphatic rings. The molecule has 1 aromatic heterocycles. The van der Waals surface area contributed by atoms with Crippen LogP contribution in [0, 0.1) is 0 Å². The number of nitrogens with zero attached hydrogens (tertiary/aromatic N) is 2. The highest BCUT2D eigenvalue weighted by molar-refractivity contribution is 7.14. The molecule has 1 fully saturated rings. The number of aromatic nitrogens is 2. The zero-order chi connectivity index (χ0) is 20.3. The topological polar surface area (TPSA) is 61.3 Å². The summed E-state index contributed by atoms with van der Waals surface area (Å²) in [6, 6.07) is 7.47. The van der Waals surface area contributed by atoms with Crippen LogP contribution >= 0.6 is 11.3 Å². The van der Waals surface area contributed by atoms with Gasteiger partial charge >= 0.3 is 5.97 Å². The molecule has 1 saturated heterocycles. The van der Waals surface area contributed by atoms with E-state index < -0.39 is 6.10 Å². The molecule has 0 radical (unpaired) electrons. The van der Waals surface area contributed by atoms with Crippen molar-refractivity contribution in [2.24, 2.45) is 0 Å². The van der Waals surface area contributed by atoms with Crippen molar-refractivity contribution in [2.75, 3.05) is 6.61 Å². The first-order valence-electron chi connectivity index (χ1n) is 11.0. The Morgan fingerprint density at radius 1 is 1.07 bits per heavy atom. The van der Waals surface area contributed by atoms with Crippen molar-refractivity contribution in [1.29, 1.82) is 0 Å². The molecule has 6 heteroatoms. The Hall–Kier alpha value is -1.79. The fourth-order valence-electron chi connectivity index (χ4n) is 3.49. The minimum Gasteiger partial charge on any atom is -0.425 e. The molecule has 1 atom stereocenters. The molecule has 1 aromatic carbocycles. The number of rotatable bonds is 12. The summed E-state index contributed by atoms with van der Waals surface area (Å²) in [5.41, 5.74) is 1.00. The van der Waals surface area contributed by atoms with Crippen molar-refractivity contribution in [2.45, 2.75) is 83.7 Å². The monoisotopic (exact) mass is 416 g/mol. The van der Waals surface area contributed by atoms with Gasteiger partial charge in [0.15, 0.2) is 6.10 Å². The van der Waals surface area contributed by atoms with E-state index in [4.69, 9.17) is 9.47 Å². The van der Waals surface area contributed by atoms with Crippen LogP contribution in [0.5, 0.6) is 5.75 Å². The van der Waals surface area contributed by atoms with Gasteiger partial charge in [-0.2, -0.15) is 0 Å². The molecule has 2 heterocycles. The van der Waals surface area contributed by atoms with Gasteiger partial charge in [-0.3, -0.25) is 0 Å². The molecule has 5 nitrogen and oxygen atoms in total. The number of carbonyl (C=O) groups excluding carboxylic acids is 1. The Morgan fingerprint density at radius 3 is 2.48 bits per heavy atom. The van der Waals surface area contributed by atoms with Crippen LogP contribution in [0.25, 0.3) is 10.6 Å². The minimum atomic E-state index is -0.420. The van der Waals surface area contributed by atoms with Gasteiger partial charge in [-0.15, -0.1) is 10.2 Å². The van der Waals surface area contributed by atoms with E-state index in [-0.39, 0.29) is 5.97 Å². The third kappa shape index (κ3) is 7.19. The van der Waals surface area contributed by atoms with Gasteiger partial charge in [0.1, 0.15) is 15.8 Å².